The molecule has 0 spiro atoms. The molecule has 1 aliphatic heterocycles. The number of carbonyl (C=O) groups excluding carboxylic acids is 1. The average Bonchev–Trinajstić information content (AvgIpc) is 3.29. The van der Waals surface area contributed by atoms with Crippen molar-refractivity contribution >= 4 is 5.91 Å². The van der Waals surface area contributed by atoms with E-state index >= 15 is 0 Å². The van der Waals surface area contributed by atoms with Gasteiger partial charge in [0.1, 0.15) is 11.6 Å². The molecule has 29 heavy (non-hydrogen) atoms. The normalized spacial score (nSPS) is 14.8. The average molecular weight is 396 g/mol. The van der Waals surface area contributed by atoms with Crippen LogP contribution >= 0.6 is 0 Å². The Balaban J connectivity index is 1.36. The zero-order chi connectivity index (χ0) is 20.2. The molecule has 4 rings (SSSR count). The number of aromatic nitrogens is 2. The highest BCUT2D eigenvalue weighted by Gasteiger charge is 2.23. The third-order valence-corrected chi connectivity index (χ3v) is 5.05. The Hall–Kier alpha value is -3.26. The Kier molecular flexibility index (Phi) is 5.53. The maximum atomic E-state index is 13.6. The zero-order valence-corrected chi connectivity index (χ0v) is 16.0. The van der Waals surface area contributed by atoms with Crippen molar-refractivity contribution in [1.29, 1.82) is 0 Å². The highest BCUT2D eigenvalue weighted by Crippen LogP contribution is 2.22. The van der Waals surface area contributed by atoms with E-state index in [9.17, 15) is 9.18 Å². The minimum atomic E-state index is -0.279. The second kappa shape index (κ2) is 8.40. The number of halogens is 1. The van der Waals surface area contributed by atoms with Crippen LogP contribution < -0.4 is 4.74 Å². The molecule has 2 aromatic carbocycles. The van der Waals surface area contributed by atoms with Crippen LogP contribution in [-0.4, -0.2) is 59.1 Å². The summed E-state index contributed by atoms with van der Waals surface area (Å²) in [6, 6.07) is 11.7. The van der Waals surface area contributed by atoms with E-state index in [0.717, 1.165) is 11.1 Å². The lowest BCUT2D eigenvalue weighted by atomic mass is 10.1. The molecule has 0 unspecified atom stereocenters. The fourth-order valence-corrected chi connectivity index (χ4v) is 3.46. The van der Waals surface area contributed by atoms with Crippen LogP contribution in [0.1, 0.15) is 15.9 Å². The summed E-state index contributed by atoms with van der Waals surface area (Å²) < 4.78 is 23.6. The molecule has 0 saturated carbocycles. The summed E-state index contributed by atoms with van der Waals surface area (Å²) in [6.45, 7) is 3.24. The molecule has 150 valence electrons. The van der Waals surface area contributed by atoms with Gasteiger partial charge in [0.05, 0.1) is 7.11 Å². The first-order valence-electron chi connectivity index (χ1n) is 9.35. The molecule has 1 amide bonds. The lowest BCUT2D eigenvalue weighted by molar-refractivity contribution is 0.0627. The van der Waals surface area contributed by atoms with Gasteiger partial charge >= 0.3 is 0 Å². The number of nitrogens with zero attached hydrogens (tertiary/aromatic N) is 4. The fourth-order valence-electron chi connectivity index (χ4n) is 3.46. The second-order valence-corrected chi connectivity index (χ2v) is 6.86. The lowest BCUT2D eigenvalue weighted by Crippen LogP contribution is -2.48. The third kappa shape index (κ3) is 4.27. The van der Waals surface area contributed by atoms with Gasteiger partial charge in [-0.25, -0.2) is 4.39 Å². The minimum Gasteiger partial charge on any atom is -0.496 e. The Bertz CT molecular complexity index is 968. The zero-order valence-electron chi connectivity index (χ0n) is 16.0. The molecular formula is C21H21FN4O3. The van der Waals surface area contributed by atoms with Gasteiger partial charge in [-0.2, -0.15) is 4.98 Å². The van der Waals surface area contributed by atoms with E-state index in [2.05, 4.69) is 15.0 Å². The van der Waals surface area contributed by atoms with E-state index in [-0.39, 0.29) is 11.7 Å². The van der Waals surface area contributed by atoms with Crippen molar-refractivity contribution in [2.24, 2.45) is 0 Å². The highest BCUT2D eigenvalue weighted by molar-refractivity contribution is 5.94. The first kappa shape index (κ1) is 19.1. The van der Waals surface area contributed by atoms with Crippen LogP contribution in [0.5, 0.6) is 5.75 Å². The van der Waals surface area contributed by atoms with Gasteiger partial charge in [-0.1, -0.05) is 17.3 Å². The van der Waals surface area contributed by atoms with Crippen molar-refractivity contribution in [2.75, 3.05) is 33.3 Å². The topological polar surface area (TPSA) is 71.7 Å². The van der Waals surface area contributed by atoms with E-state index in [0.29, 0.717) is 49.9 Å². The van der Waals surface area contributed by atoms with E-state index in [1.807, 2.05) is 17.0 Å². The second-order valence-electron chi connectivity index (χ2n) is 6.86. The Labute approximate surface area is 167 Å². The predicted octanol–water partition coefficient (Wildman–Crippen LogP) is 2.84. The number of ether oxygens (including phenoxy) is 1. The quantitative estimate of drug-likeness (QED) is 0.660. The summed E-state index contributed by atoms with van der Waals surface area (Å²) in [4.78, 5) is 20.8. The molecule has 0 bridgehead atoms. The monoisotopic (exact) mass is 396 g/mol. The maximum Gasteiger partial charge on any atom is 0.253 e. The number of piperazine rings is 1. The van der Waals surface area contributed by atoms with Crippen molar-refractivity contribution in [3.05, 3.63) is 65.8 Å². The van der Waals surface area contributed by atoms with E-state index < -0.39 is 0 Å². The molecule has 1 aliphatic rings. The third-order valence-electron chi connectivity index (χ3n) is 5.05. The van der Waals surface area contributed by atoms with Crippen molar-refractivity contribution in [3.63, 3.8) is 0 Å². The summed E-state index contributed by atoms with van der Waals surface area (Å²) in [7, 11) is 1.58. The van der Waals surface area contributed by atoms with Gasteiger partial charge < -0.3 is 14.2 Å². The van der Waals surface area contributed by atoms with Gasteiger partial charge in [0.25, 0.3) is 5.91 Å². The SMILES string of the molecule is COc1ccc(F)cc1CN1CCN(C(=O)c2ccc(-c3ncon3)cc2)CC1. The molecular weight excluding hydrogens is 375 g/mol. The summed E-state index contributed by atoms with van der Waals surface area (Å²) in [5, 5.41) is 3.79. The molecule has 0 N–H and O–H groups in total. The molecule has 0 atom stereocenters. The first-order chi connectivity index (χ1) is 14.1. The minimum absolute atomic E-state index is 0.00681. The Morgan fingerprint density at radius 1 is 1.14 bits per heavy atom. The molecule has 2 heterocycles. The Morgan fingerprint density at radius 3 is 2.55 bits per heavy atom. The summed E-state index contributed by atoms with van der Waals surface area (Å²) in [6.07, 6.45) is 1.27. The van der Waals surface area contributed by atoms with Crippen LogP contribution in [-0.2, 0) is 6.54 Å². The van der Waals surface area contributed by atoms with Gasteiger partial charge in [-0.3, -0.25) is 9.69 Å². The van der Waals surface area contributed by atoms with Crippen molar-refractivity contribution in [1.82, 2.24) is 19.9 Å². The summed E-state index contributed by atoms with van der Waals surface area (Å²) >= 11 is 0. The van der Waals surface area contributed by atoms with Crippen molar-refractivity contribution < 1.29 is 18.4 Å². The number of amides is 1. The molecule has 0 radical (unpaired) electrons. The number of hydrogen-bond acceptors (Lipinski definition) is 6. The smallest absolute Gasteiger partial charge is 0.253 e. The van der Waals surface area contributed by atoms with E-state index in [1.54, 1.807) is 25.3 Å². The highest BCUT2D eigenvalue weighted by atomic mass is 19.1. The molecule has 8 heteroatoms. The van der Waals surface area contributed by atoms with Crippen molar-refractivity contribution in [3.8, 4) is 17.1 Å². The lowest BCUT2D eigenvalue weighted by Gasteiger charge is -2.35. The predicted molar refractivity (Wildman–Crippen MR) is 104 cm³/mol. The fraction of sp³-hybridized carbons (Fsp3) is 0.286. The number of rotatable bonds is 5. The first-order valence-corrected chi connectivity index (χ1v) is 9.35. The molecule has 1 saturated heterocycles. The van der Waals surface area contributed by atoms with Gasteiger partial charge in [0.2, 0.25) is 12.2 Å². The van der Waals surface area contributed by atoms with Gasteiger partial charge in [-0.05, 0) is 30.3 Å². The molecule has 1 aromatic heterocycles. The van der Waals surface area contributed by atoms with Crippen LogP contribution in [0.25, 0.3) is 11.4 Å². The van der Waals surface area contributed by atoms with Crippen LogP contribution in [0.15, 0.2) is 53.4 Å². The molecule has 1 fully saturated rings. The molecule has 7 nitrogen and oxygen atoms in total. The van der Waals surface area contributed by atoms with Crippen molar-refractivity contribution in [2.45, 2.75) is 6.54 Å². The van der Waals surface area contributed by atoms with Crippen LogP contribution in [0.2, 0.25) is 0 Å². The standard InChI is InChI=1S/C21H21FN4O3/c1-28-19-7-6-18(22)12-17(19)13-25-8-10-26(11-9-25)21(27)16-4-2-15(3-5-16)20-23-14-29-24-20/h2-7,12,14H,8-11,13H2,1H3. The Morgan fingerprint density at radius 2 is 1.90 bits per heavy atom. The molecule has 0 aliphatic carbocycles. The van der Waals surface area contributed by atoms with Gasteiger partial charge in [-0.15, -0.1) is 0 Å². The molecule has 3 aromatic rings. The number of carbonyl (C=O) groups is 1. The number of hydrogen-bond donors (Lipinski definition) is 0. The summed E-state index contributed by atoms with van der Waals surface area (Å²) in [5.41, 5.74) is 2.23. The maximum absolute atomic E-state index is 13.6. The summed E-state index contributed by atoms with van der Waals surface area (Å²) in [5.74, 6) is 0.878. The largest absolute Gasteiger partial charge is 0.496 e. The van der Waals surface area contributed by atoms with Gasteiger partial charge in [0, 0.05) is 49.4 Å². The number of benzene rings is 2. The van der Waals surface area contributed by atoms with E-state index in [1.165, 1.54) is 18.5 Å². The van der Waals surface area contributed by atoms with Crippen LogP contribution in [0, 0.1) is 5.82 Å². The number of methoxy groups -OCH3 is 1. The van der Waals surface area contributed by atoms with Crippen LogP contribution in [0.3, 0.4) is 0 Å². The van der Waals surface area contributed by atoms with Crippen LogP contribution in [0.4, 0.5) is 4.39 Å². The van der Waals surface area contributed by atoms with Gasteiger partial charge in [0.15, 0.2) is 0 Å². The van der Waals surface area contributed by atoms with E-state index in [4.69, 9.17) is 9.26 Å².